The first kappa shape index (κ1) is 23.4. The highest BCUT2D eigenvalue weighted by Crippen LogP contribution is 2.30. The Kier molecular flexibility index (Phi) is 7.23. The molecule has 0 bridgehead atoms. The van der Waals surface area contributed by atoms with Crippen molar-refractivity contribution >= 4 is 61.6 Å². The molecule has 2 N–H and O–H groups in total. The number of aromatic amines is 1. The smallest absolute Gasteiger partial charge is 0.348 e. The lowest BCUT2D eigenvalue weighted by Crippen LogP contribution is -2.11. The van der Waals surface area contributed by atoms with E-state index in [2.05, 4.69) is 15.3 Å². The first-order valence-corrected chi connectivity index (χ1v) is 10.5. The second kappa shape index (κ2) is 9.90. The van der Waals surface area contributed by atoms with Gasteiger partial charge in [0.1, 0.15) is 22.0 Å². The molecule has 0 atom stereocenters. The van der Waals surface area contributed by atoms with E-state index in [-0.39, 0.29) is 40.0 Å². The molecule has 3 aromatic rings. The quantitative estimate of drug-likeness (QED) is 0.216. The number of ether oxygens (including phenoxy) is 2. The second-order valence-corrected chi connectivity index (χ2v) is 7.96. The van der Waals surface area contributed by atoms with Crippen LogP contribution in [0, 0.1) is 17.0 Å². The molecule has 1 aromatic carbocycles. The zero-order valence-corrected chi connectivity index (χ0v) is 18.9. The van der Waals surface area contributed by atoms with Crippen molar-refractivity contribution in [1.82, 2.24) is 9.97 Å². The number of nitrogens with zero attached hydrogens (tertiary/aromatic N) is 2. The molecule has 2 heterocycles. The van der Waals surface area contributed by atoms with Crippen LogP contribution in [0.1, 0.15) is 26.6 Å². The number of halogens is 1. The van der Waals surface area contributed by atoms with Gasteiger partial charge in [0.15, 0.2) is 5.82 Å². The van der Waals surface area contributed by atoms with Gasteiger partial charge in [-0.25, -0.2) is 9.78 Å². The number of methoxy groups -OCH3 is 1. The van der Waals surface area contributed by atoms with Gasteiger partial charge in [-0.3, -0.25) is 14.9 Å². The van der Waals surface area contributed by atoms with Gasteiger partial charge in [-0.1, -0.05) is 17.7 Å². The standard InChI is InChI=1S/C20H19ClN4O6S/c1-10-15-18(26)23-17(24-19(15)32-16(10)20(27)31-7-6-30-3)12(21)8-11-4-5-13(22-2)14(9-11)25(28)29/h4-5,8-9,22H,6-7H2,1-3H3,(H,23,24,26)/b12-8-. The average Bonchev–Trinajstić information content (AvgIpc) is 3.10. The number of carbonyl (C=O) groups excluding carboxylic acids is 1. The normalized spacial score (nSPS) is 11.6. The minimum atomic E-state index is -0.568. The van der Waals surface area contributed by atoms with Crippen molar-refractivity contribution in [1.29, 1.82) is 0 Å². The Bertz CT molecular complexity index is 1280. The highest BCUT2D eigenvalue weighted by molar-refractivity contribution is 7.20. The number of anilines is 1. The van der Waals surface area contributed by atoms with E-state index >= 15 is 0 Å². The Morgan fingerprint density at radius 1 is 1.41 bits per heavy atom. The molecule has 168 valence electrons. The third kappa shape index (κ3) is 4.79. The van der Waals surface area contributed by atoms with Crippen molar-refractivity contribution in [3.8, 4) is 0 Å². The van der Waals surface area contributed by atoms with Crippen LogP contribution in [0.3, 0.4) is 0 Å². The molecular weight excluding hydrogens is 460 g/mol. The molecule has 12 heteroatoms. The molecule has 0 aliphatic heterocycles. The zero-order chi connectivity index (χ0) is 23.4. The van der Waals surface area contributed by atoms with Gasteiger partial charge in [0.25, 0.3) is 11.2 Å². The third-order valence-electron chi connectivity index (χ3n) is 4.51. The first-order valence-electron chi connectivity index (χ1n) is 9.30. The van der Waals surface area contributed by atoms with Crippen molar-refractivity contribution in [2.75, 3.05) is 32.7 Å². The molecule has 3 rings (SSSR count). The summed E-state index contributed by atoms with van der Waals surface area (Å²) >= 11 is 7.38. The first-order chi connectivity index (χ1) is 15.3. The summed E-state index contributed by atoms with van der Waals surface area (Å²) in [7, 11) is 3.08. The molecule has 0 radical (unpaired) electrons. The van der Waals surface area contributed by atoms with Gasteiger partial charge < -0.3 is 19.8 Å². The molecular formula is C20H19ClN4O6S. The number of hydrogen-bond donors (Lipinski definition) is 2. The number of hydrogen-bond acceptors (Lipinski definition) is 9. The third-order valence-corrected chi connectivity index (χ3v) is 5.97. The summed E-state index contributed by atoms with van der Waals surface area (Å²) in [4.78, 5) is 43.3. The van der Waals surface area contributed by atoms with Crippen molar-refractivity contribution in [3.63, 3.8) is 0 Å². The van der Waals surface area contributed by atoms with Crippen molar-refractivity contribution in [2.24, 2.45) is 0 Å². The van der Waals surface area contributed by atoms with Crippen LogP contribution in [0.25, 0.3) is 21.3 Å². The Labute approximate surface area is 191 Å². The number of benzene rings is 1. The topological polar surface area (TPSA) is 136 Å². The molecule has 2 aromatic heterocycles. The van der Waals surface area contributed by atoms with Crippen LogP contribution >= 0.6 is 22.9 Å². The zero-order valence-electron chi connectivity index (χ0n) is 17.4. The Morgan fingerprint density at radius 2 is 2.16 bits per heavy atom. The maximum Gasteiger partial charge on any atom is 0.348 e. The SMILES string of the molecule is CNc1ccc(/C=C(\Cl)c2nc3sc(C(=O)OCCOC)c(C)c3c(=O)[nH]2)cc1[N+](=O)[O-]. The van der Waals surface area contributed by atoms with E-state index in [9.17, 15) is 19.7 Å². The number of aryl methyl sites for hydroxylation is 1. The van der Waals surface area contributed by atoms with Crippen LogP contribution < -0.4 is 10.9 Å². The van der Waals surface area contributed by atoms with E-state index in [0.717, 1.165) is 11.3 Å². The number of carbonyl (C=O) groups is 1. The van der Waals surface area contributed by atoms with Crippen LogP contribution in [0.15, 0.2) is 23.0 Å². The summed E-state index contributed by atoms with van der Waals surface area (Å²) < 4.78 is 9.99. The molecule has 0 spiro atoms. The summed E-state index contributed by atoms with van der Waals surface area (Å²) in [6, 6.07) is 4.55. The molecule has 0 unspecified atom stereocenters. The Hall–Kier alpha value is -3.28. The van der Waals surface area contributed by atoms with Gasteiger partial charge in [0.2, 0.25) is 0 Å². The molecule has 0 aliphatic carbocycles. The summed E-state index contributed by atoms with van der Waals surface area (Å²) in [6.45, 7) is 1.99. The van der Waals surface area contributed by atoms with E-state index < -0.39 is 16.5 Å². The maximum absolute atomic E-state index is 12.7. The van der Waals surface area contributed by atoms with Crippen LogP contribution in [0.4, 0.5) is 11.4 Å². The number of nitrogens with one attached hydrogen (secondary N) is 2. The van der Waals surface area contributed by atoms with Gasteiger partial charge in [0, 0.05) is 20.2 Å². The minimum Gasteiger partial charge on any atom is -0.459 e. The molecule has 0 amide bonds. The van der Waals surface area contributed by atoms with Gasteiger partial charge in [-0.15, -0.1) is 11.3 Å². The lowest BCUT2D eigenvalue weighted by Gasteiger charge is -2.04. The highest BCUT2D eigenvalue weighted by Gasteiger charge is 2.21. The van der Waals surface area contributed by atoms with Crippen molar-refractivity contribution in [2.45, 2.75) is 6.92 Å². The molecule has 0 saturated heterocycles. The highest BCUT2D eigenvalue weighted by atomic mass is 35.5. The summed E-state index contributed by atoms with van der Waals surface area (Å²) in [5.41, 5.74) is 0.695. The fourth-order valence-corrected chi connectivity index (χ4v) is 4.24. The Balaban J connectivity index is 1.99. The van der Waals surface area contributed by atoms with E-state index in [0.29, 0.717) is 21.6 Å². The van der Waals surface area contributed by atoms with Crippen molar-refractivity contribution < 1.29 is 19.2 Å². The number of thiophene rings is 1. The fraction of sp³-hybridized carbons (Fsp3) is 0.250. The van der Waals surface area contributed by atoms with Crippen LogP contribution in [0.2, 0.25) is 0 Å². The number of esters is 1. The number of rotatable bonds is 8. The van der Waals surface area contributed by atoms with Crippen LogP contribution in [-0.2, 0) is 9.47 Å². The van der Waals surface area contributed by atoms with Crippen molar-refractivity contribution in [3.05, 3.63) is 60.5 Å². The fourth-order valence-electron chi connectivity index (χ4n) is 2.95. The van der Waals surface area contributed by atoms with Gasteiger partial charge >= 0.3 is 5.97 Å². The number of nitro groups is 1. The molecule has 0 fully saturated rings. The predicted octanol–water partition coefficient (Wildman–Crippen LogP) is 3.78. The lowest BCUT2D eigenvalue weighted by atomic mass is 10.1. The number of H-pyrrole nitrogens is 1. The molecule has 0 saturated carbocycles. The van der Waals surface area contributed by atoms with Crippen LogP contribution in [-0.4, -0.2) is 48.2 Å². The summed E-state index contributed by atoms with van der Waals surface area (Å²) in [5.74, 6) is -0.493. The lowest BCUT2D eigenvalue weighted by molar-refractivity contribution is -0.383. The predicted molar refractivity (Wildman–Crippen MR) is 124 cm³/mol. The monoisotopic (exact) mass is 478 g/mol. The summed E-state index contributed by atoms with van der Waals surface area (Å²) in [6.07, 6.45) is 1.46. The molecule has 32 heavy (non-hydrogen) atoms. The number of aromatic nitrogens is 2. The van der Waals surface area contributed by atoms with E-state index in [1.54, 1.807) is 26.1 Å². The number of nitro benzene ring substituents is 1. The summed E-state index contributed by atoms with van der Waals surface area (Å²) in [5, 5.41) is 14.4. The molecule has 0 aliphatic rings. The van der Waals surface area contributed by atoms with E-state index in [1.165, 1.54) is 19.3 Å². The average molecular weight is 479 g/mol. The molecule has 10 nitrogen and oxygen atoms in total. The van der Waals surface area contributed by atoms with Gasteiger partial charge in [0.05, 0.1) is 21.9 Å². The minimum absolute atomic E-state index is 0.0741. The number of fused-ring (bicyclic) bond motifs is 1. The van der Waals surface area contributed by atoms with Crippen LogP contribution in [0.5, 0.6) is 0 Å². The Morgan fingerprint density at radius 3 is 2.81 bits per heavy atom. The maximum atomic E-state index is 12.7. The van der Waals surface area contributed by atoms with E-state index in [4.69, 9.17) is 21.1 Å². The van der Waals surface area contributed by atoms with E-state index in [1.807, 2.05) is 0 Å². The largest absolute Gasteiger partial charge is 0.459 e. The van der Waals surface area contributed by atoms with Gasteiger partial charge in [-0.05, 0) is 30.2 Å². The van der Waals surface area contributed by atoms with Gasteiger partial charge in [-0.2, -0.15) is 0 Å². The second-order valence-electron chi connectivity index (χ2n) is 6.56.